The molecule has 5 heteroatoms. The predicted octanol–water partition coefficient (Wildman–Crippen LogP) is 0.489. The van der Waals surface area contributed by atoms with Crippen molar-refractivity contribution in [1.29, 1.82) is 0 Å². The van der Waals surface area contributed by atoms with E-state index in [-0.39, 0.29) is 12.5 Å². The first-order valence-corrected chi connectivity index (χ1v) is 3.16. The summed E-state index contributed by atoms with van der Waals surface area (Å²) in [6.07, 6.45) is 1.51. The van der Waals surface area contributed by atoms with Crippen molar-refractivity contribution in [1.82, 2.24) is 9.55 Å². The van der Waals surface area contributed by atoms with Gasteiger partial charge in [-0.3, -0.25) is 14.7 Å². The molecule has 0 aromatic carbocycles. The van der Waals surface area contributed by atoms with Crippen LogP contribution in [0, 0.1) is 0 Å². The molecule has 0 unspecified atom stereocenters. The van der Waals surface area contributed by atoms with Gasteiger partial charge in [-0.1, -0.05) is 11.6 Å². The van der Waals surface area contributed by atoms with E-state index in [2.05, 4.69) is 10.3 Å². The Bertz CT molecular complexity index is 293. The van der Waals surface area contributed by atoms with Gasteiger partial charge in [0.25, 0.3) is 0 Å². The molecule has 10 heavy (non-hydrogen) atoms. The van der Waals surface area contributed by atoms with E-state index in [1.54, 1.807) is 4.57 Å². The standard InChI is InChI=1S/C5H4ClN3O/c6-3-1-7-5-8-4(10)2-9(3)5/h1H,2H2,(H,7,8,10). The Morgan fingerprint density at radius 3 is 3.30 bits per heavy atom. The first-order valence-electron chi connectivity index (χ1n) is 2.78. The first-order chi connectivity index (χ1) is 4.77. The molecule has 0 radical (unpaired) electrons. The second-order valence-electron chi connectivity index (χ2n) is 2.04. The molecule has 1 aromatic heterocycles. The number of rotatable bonds is 0. The summed E-state index contributed by atoms with van der Waals surface area (Å²) in [5, 5.41) is 3.04. The Kier molecular flexibility index (Phi) is 0.990. The number of nitrogens with one attached hydrogen (secondary N) is 1. The molecule has 2 heterocycles. The summed E-state index contributed by atoms with van der Waals surface area (Å²) in [6, 6.07) is 0. The Morgan fingerprint density at radius 1 is 1.80 bits per heavy atom. The molecule has 0 atom stereocenters. The minimum Gasteiger partial charge on any atom is -0.294 e. The van der Waals surface area contributed by atoms with Gasteiger partial charge in [-0.05, 0) is 0 Å². The van der Waals surface area contributed by atoms with Crippen molar-refractivity contribution in [3.05, 3.63) is 11.3 Å². The molecule has 0 fully saturated rings. The highest BCUT2D eigenvalue weighted by atomic mass is 35.5. The second kappa shape index (κ2) is 1.73. The smallest absolute Gasteiger partial charge is 0.246 e. The fraction of sp³-hybridized carbons (Fsp3) is 0.200. The fourth-order valence-corrected chi connectivity index (χ4v) is 1.10. The molecule has 1 aromatic rings. The van der Waals surface area contributed by atoms with Gasteiger partial charge >= 0.3 is 0 Å². The lowest BCUT2D eigenvalue weighted by Gasteiger charge is -1.89. The largest absolute Gasteiger partial charge is 0.294 e. The Labute approximate surface area is 61.8 Å². The normalized spacial score (nSPS) is 15.1. The van der Waals surface area contributed by atoms with E-state index < -0.39 is 0 Å². The maximum absolute atomic E-state index is 10.7. The van der Waals surface area contributed by atoms with Crippen LogP contribution >= 0.6 is 11.6 Å². The Balaban J connectivity index is 2.53. The third-order valence-corrected chi connectivity index (χ3v) is 1.66. The highest BCUT2D eigenvalue weighted by Crippen LogP contribution is 2.19. The van der Waals surface area contributed by atoms with Gasteiger partial charge in [0.15, 0.2) is 0 Å². The molecule has 0 aliphatic carbocycles. The van der Waals surface area contributed by atoms with Crippen LogP contribution in [-0.4, -0.2) is 15.5 Å². The van der Waals surface area contributed by atoms with Crippen molar-refractivity contribution >= 4 is 23.5 Å². The summed E-state index contributed by atoms with van der Waals surface area (Å²) >= 11 is 5.66. The molecule has 0 saturated carbocycles. The Morgan fingerprint density at radius 2 is 2.60 bits per heavy atom. The molecule has 4 nitrogen and oxygen atoms in total. The third-order valence-electron chi connectivity index (χ3n) is 1.36. The number of imidazole rings is 1. The number of nitrogens with zero attached hydrogens (tertiary/aromatic N) is 2. The van der Waals surface area contributed by atoms with Gasteiger partial charge in [-0.25, -0.2) is 4.98 Å². The number of aromatic nitrogens is 2. The van der Waals surface area contributed by atoms with Crippen LogP contribution in [0.15, 0.2) is 6.20 Å². The lowest BCUT2D eigenvalue weighted by molar-refractivity contribution is -0.115. The quantitative estimate of drug-likeness (QED) is 0.596. The van der Waals surface area contributed by atoms with E-state index in [0.717, 1.165) is 0 Å². The number of halogens is 1. The monoisotopic (exact) mass is 157 g/mol. The number of anilines is 1. The lowest BCUT2D eigenvalue weighted by Crippen LogP contribution is -2.05. The number of hydrogen-bond acceptors (Lipinski definition) is 2. The van der Waals surface area contributed by atoms with Gasteiger partial charge in [0.05, 0.1) is 6.20 Å². The fourth-order valence-electron chi connectivity index (χ4n) is 0.913. The van der Waals surface area contributed by atoms with E-state index >= 15 is 0 Å². The highest BCUT2D eigenvalue weighted by molar-refractivity contribution is 6.30. The molecule has 0 bridgehead atoms. The van der Waals surface area contributed by atoms with E-state index in [9.17, 15) is 4.79 Å². The van der Waals surface area contributed by atoms with Crippen LogP contribution in [-0.2, 0) is 11.3 Å². The van der Waals surface area contributed by atoms with Crippen LogP contribution in [0.25, 0.3) is 0 Å². The topological polar surface area (TPSA) is 46.9 Å². The minimum absolute atomic E-state index is 0.0648. The zero-order chi connectivity index (χ0) is 7.14. The van der Waals surface area contributed by atoms with Crippen molar-refractivity contribution in [2.45, 2.75) is 6.54 Å². The molecule has 0 saturated heterocycles. The summed E-state index contributed by atoms with van der Waals surface area (Å²) in [6.45, 7) is 0.286. The molecule has 0 spiro atoms. The van der Waals surface area contributed by atoms with Crippen molar-refractivity contribution in [3.8, 4) is 0 Å². The van der Waals surface area contributed by atoms with Gasteiger partial charge in [0, 0.05) is 0 Å². The van der Waals surface area contributed by atoms with Gasteiger partial charge in [-0.2, -0.15) is 0 Å². The molecule has 2 rings (SSSR count). The van der Waals surface area contributed by atoms with Gasteiger partial charge in [-0.15, -0.1) is 0 Å². The van der Waals surface area contributed by atoms with Crippen molar-refractivity contribution in [2.24, 2.45) is 0 Å². The summed E-state index contributed by atoms with van der Waals surface area (Å²) in [7, 11) is 0. The van der Waals surface area contributed by atoms with Crippen LogP contribution in [0.1, 0.15) is 0 Å². The molecule has 1 aliphatic rings. The molecular formula is C5H4ClN3O. The first kappa shape index (κ1) is 5.73. The second-order valence-corrected chi connectivity index (χ2v) is 2.43. The molecule has 1 N–H and O–H groups in total. The predicted molar refractivity (Wildman–Crippen MR) is 35.9 cm³/mol. The summed E-state index contributed by atoms with van der Waals surface area (Å²) in [5.41, 5.74) is 0. The van der Waals surface area contributed by atoms with Crippen molar-refractivity contribution in [3.63, 3.8) is 0 Å². The number of hydrogen-bond donors (Lipinski definition) is 1. The van der Waals surface area contributed by atoms with Crippen LogP contribution < -0.4 is 5.32 Å². The molecular weight excluding hydrogens is 154 g/mol. The summed E-state index contributed by atoms with van der Waals surface area (Å²) in [4.78, 5) is 14.5. The van der Waals surface area contributed by atoms with Crippen LogP contribution in [0.4, 0.5) is 5.95 Å². The summed E-state index contributed by atoms with van der Waals surface area (Å²) in [5.74, 6) is 0.472. The Hall–Kier alpha value is -1.03. The van der Waals surface area contributed by atoms with Crippen molar-refractivity contribution in [2.75, 3.05) is 5.32 Å². The van der Waals surface area contributed by atoms with E-state index in [1.807, 2.05) is 0 Å². The van der Waals surface area contributed by atoms with E-state index in [0.29, 0.717) is 11.1 Å². The lowest BCUT2D eigenvalue weighted by atomic mass is 10.6. The van der Waals surface area contributed by atoms with Gasteiger partial charge < -0.3 is 0 Å². The average molecular weight is 158 g/mol. The third kappa shape index (κ3) is 0.623. The van der Waals surface area contributed by atoms with E-state index in [4.69, 9.17) is 11.6 Å². The zero-order valence-corrected chi connectivity index (χ0v) is 5.72. The van der Waals surface area contributed by atoms with E-state index in [1.165, 1.54) is 6.20 Å². The maximum Gasteiger partial charge on any atom is 0.246 e. The van der Waals surface area contributed by atoms with Crippen LogP contribution in [0.3, 0.4) is 0 Å². The number of carbonyl (C=O) groups is 1. The number of carbonyl (C=O) groups excluding carboxylic acids is 1. The van der Waals surface area contributed by atoms with Crippen molar-refractivity contribution < 1.29 is 4.79 Å². The van der Waals surface area contributed by atoms with Gasteiger partial charge in [0.1, 0.15) is 11.7 Å². The molecule has 1 amide bonds. The SMILES string of the molecule is O=C1Cn2c(Cl)cnc2N1. The van der Waals surface area contributed by atoms with Gasteiger partial charge in [0.2, 0.25) is 11.9 Å². The average Bonchev–Trinajstić information content (AvgIpc) is 2.35. The number of amides is 1. The maximum atomic E-state index is 10.7. The minimum atomic E-state index is -0.0648. The molecule has 52 valence electrons. The van der Waals surface area contributed by atoms with Crippen LogP contribution in [0.2, 0.25) is 5.15 Å². The number of fused-ring (bicyclic) bond motifs is 1. The summed E-state index contributed by atoms with van der Waals surface area (Å²) < 4.78 is 1.61. The van der Waals surface area contributed by atoms with Crippen LogP contribution in [0.5, 0.6) is 0 Å². The highest BCUT2D eigenvalue weighted by Gasteiger charge is 2.19. The molecule has 1 aliphatic heterocycles. The zero-order valence-electron chi connectivity index (χ0n) is 4.97.